The summed E-state index contributed by atoms with van der Waals surface area (Å²) >= 11 is 1.57. The summed E-state index contributed by atoms with van der Waals surface area (Å²) in [6, 6.07) is 8.62. The van der Waals surface area contributed by atoms with E-state index < -0.39 is 10.0 Å². The minimum absolute atomic E-state index is 0.120. The van der Waals surface area contributed by atoms with Crippen LogP contribution in [0.25, 0.3) is 11.5 Å². The van der Waals surface area contributed by atoms with E-state index in [1.807, 2.05) is 17.5 Å². The molecule has 1 aliphatic heterocycles. The van der Waals surface area contributed by atoms with Crippen molar-refractivity contribution in [2.45, 2.75) is 24.5 Å². The fourth-order valence-corrected chi connectivity index (χ4v) is 5.31. The predicted molar refractivity (Wildman–Crippen MR) is 104 cm³/mol. The van der Waals surface area contributed by atoms with Gasteiger partial charge in [0.1, 0.15) is 5.69 Å². The standard InChI is InChI=1S/C18H20N4O4S2/c23-18(19-11-14-4-2-10-27-14)13-3-1-9-22(12-13)28(24,25)17-6-5-16(26-17)15-7-8-20-21-15/h2,4-8,10,13H,1,3,9,11-12H2,(H,19,23)(H,20,21). The molecule has 4 heterocycles. The van der Waals surface area contributed by atoms with Crippen molar-refractivity contribution in [3.8, 4) is 11.5 Å². The molecule has 148 valence electrons. The molecular formula is C18H20N4O4S2. The van der Waals surface area contributed by atoms with Crippen molar-refractivity contribution in [1.29, 1.82) is 0 Å². The second-order valence-corrected chi connectivity index (χ2v) is 9.49. The van der Waals surface area contributed by atoms with Gasteiger partial charge in [0.05, 0.1) is 12.5 Å². The summed E-state index contributed by atoms with van der Waals surface area (Å²) < 4.78 is 32.8. The topological polar surface area (TPSA) is 108 Å². The maximum absolute atomic E-state index is 13.0. The van der Waals surface area contributed by atoms with Crippen LogP contribution in [-0.2, 0) is 21.4 Å². The Morgan fingerprint density at radius 1 is 1.36 bits per heavy atom. The Kier molecular flexibility index (Phi) is 5.33. The number of H-pyrrole nitrogens is 1. The van der Waals surface area contributed by atoms with Gasteiger partial charge in [-0.3, -0.25) is 9.89 Å². The van der Waals surface area contributed by atoms with Gasteiger partial charge in [-0.05, 0) is 42.5 Å². The number of aromatic nitrogens is 2. The van der Waals surface area contributed by atoms with Crippen LogP contribution in [0.5, 0.6) is 0 Å². The average Bonchev–Trinajstić information content (AvgIpc) is 3.48. The Hall–Kier alpha value is -2.43. The molecule has 1 unspecified atom stereocenters. The van der Waals surface area contributed by atoms with Gasteiger partial charge in [-0.15, -0.1) is 11.3 Å². The fourth-order valence-electron chi connectivity index (χ4n) is 3.23. The number of hydrogen-bond acceptors (Lipinski definition) is 6. The lowest BCUT2D eigenvalue weighted by Crippen LogP contribution is -2.45. The second kappa shape index (κ2) is 7.90. The zero-order valence-electron chi connectivity index (χ0n) is 15.0. The third-order valence-electron chi connectivity index (χ3n) is 4.71. The van der Waals surface area contributed by atoms with Gasteiger partial charge in [0.2, 0.25) is 11.0 Å². The zero-order chi connectivity index (χ0) is 19.6. The minimum atomic E-state index is -3.80. The Bertz CT molecular complexity index is 1030. The summed E-state index contributed by atoms with van der Waals surface area (Å²) in [6.45, 7) is 0.987. The van der Waals surface area contributed by atoms with E-state index in [1.165, 1.54) is 10.4 Å². The van der Waals surface area contributed by atoms with Gasteiger partial charge < -0.3 is 9.73 Å². The van der Waals surface area contributed by atoms with Crippen LogP contribution in [0.15, 0.2) is 51.4 Å². The third-order valence-corrected chi connectivity index (χ3v) is 7.33. The van der Waals surface area contributed by atoms with Crippen LogP contribution in [0.1, 0.15) is 17.7 Å². The highest BCUT2D eigenvalue weighted by molar-refractivity contribution is 7.89. The number of piperidine rings is 1. The molecule has 1 fully saturated rings. The minimum Gasteiger partial charge on any atom is -0.442 e. The van der Waals surface area contributed by atoms with Crippen molar-refractivity contribution >= 4 is 27.3 Å². The molecule has 2 N–H and O–H groups in total. The molecule has 0 aromatic carbocycles. The average molecular weight is 421 g/mol. The molecule has 0 aliphatic carbocycles. The molecule has 1 amide bonds. The number of carbonyl (C=O) groups is 1. The molecule has 1 atom stereocenters. The summed E-state index contributed by atoms with van der Waals surface area (Å²) in [4.78, 5) is 13.6. The molecule has 0 saturated carbocycles. The lowest BCUT2D eigenvalue weighted by Gasteiger charge is -2.30. The number of nitrogens with zero attached hydrogens (tertiary/aromatic N) is 2. The Labute approximate surface area is 166 Å². The lowest BCUT2D eigenvalue weighted by atomic mass is 9.99. The highest BCUT2D eigenvalue weighted by Crippen LogP contribution is 2.28. The summed E-state index contributed by atoms with van der Waals surface area (Å²) in [5, 5.41) is 11.3. The van der Waals surface area contributed by atoms with Gasteiger partial charge >= 0.3 is 0 Å². The van der Waals surface area contributed by atoms with Crippen molar-refractivity contribution in [3.63, 3.8) is 0 Å². The van der Waals surface area contributed by atoms with E-state index in [0.29, 0.717) is 37.4 Å². The first-order valence-electron chi connectivity index (χ1n) is 8.94. The molecular weight excluding hydrogens is 400 g/mol. The Balaban J connectivity index is 1.43. The number of thiophene rings is 1. The normalized spacial score (nSPS) is 18.2. The van der Waals surface area contributed by atoms with E-state index in [4.69, 9.17) is 4.42 Å². The van der Waals surface area contributed by atoms with Crippen LogP contribution in [0.2, 0.25) is 0 Å². The Morgan fingerprint density at radius 2 is 2.25 bits per heavy atom. The second-order valence-electron chi connectivity index (χ2n) is 6.59. The first-order valence-corrected chi connectivity index (χ1v) is 11.3. The smallest absolute Gasteiger partial charge is 0.276 e. The number of amides is 1. The fraction of sp³-hybridized carbons (Fsp3) is 0.333. The van der Waals surface area contributed by atoms with Crippen LogP contribution in [0.3, 0.4) is 0 Å². The molecule has 0 radical (unpaired) electrons. The zero-order valence-corrected chi connectivity index (χ0v) is 16.6. The van der Waals surface area contributed by atoms with E-state index in [1.54, 1.807) is 29.7 Å². The quantitative estimate of drug-likeness (QED) is 0.637. The molecule has 28 heavy (non-hydrogen) atoms. The van der Waals surface area contributed by atoms with Crippen molar-refractivity contribution < 1.29 is 17.6 Å². The largest absolute Gasteiger partial charge is 0.442 e. The lowest BCUT2D eigenvalue weighted by molar-refractivity contribution is -0.126. The van der Waals surface area contributed by atoms with Crippen molar-refractivity contribution in [3.05, 3.63) is 46.8 Å². The molecule has 3 aromatic heterocycles. The Morgan fingerprint density at radius 3 is 3.00 bits per heavy atom. The molecule has 3 aromatic rings. The molecule has 4 rings (SSSR count). The number of carbonyl (C=O) groups excluding carboxylic acids is 1. The van der Waals surface area contributed by atoms with Gasteiger partial charge in [0.25, 0.3) is 10.0 Å². The highest BCUT2D eigenvalue weighted by Gasteiger charge is 2.35. The van der Waals surface area contributed by atoms with Crippen LogP contribution < -0.4 is 5.32 Å². The number of aromatic amines is 1. The van der Waals surface area contributed by atoms with Crippen LogP contribution in [0.4, 0.5) is 0 Å². The molecule has 0 bridgehead atoms. The van der Waals surface area contributed by atoms with Crippen LogP contribution in [0, 0.1) is 5.92 Å². The maximum Gasteiger partial charge on any atom is 0.276 e. The van der Waals surface area contributed by atoms with Gasteiger partial charge in [-0.2, -0.15) is 9.40 Å². The maximum atomic E-state index is 13.0. The van der Waals surface area contributed by atoms with E-state index >= 15 is 0 Å². The number of hydrogen-bond donors (Lipinski definition) is 2. The van der Waals surface area contributed by atoms with Crippen LogP contribution >= 0.6 is 11.3 Å². The molecule has 1 aliphatic rings. The highest BCUT2D eigenvalue weighted by atomic mass is 32.2. The summed E-state index contributed by atoms with van der Waals surface area (Å²) in [7, 11) is -3.80. The van der Waals surface area contributed by atoms with Crippen molar-refractivity contribution in [1.82, 2.24) is 19.8 Å². The predicted octanol–water partition coefficient (Wildman–Crippen LogP) is 2.45. The van der Waals surface area contributed by atoms with Gasteiger partial charge in [-0.25, -0.2) is 8.42 Å². The van der Waals surface area contributed by atoms with Crippen LogP contribution in [-0.4, -0.2) is 41.9 Å². The third kappa shape index (κ3) is 3.89. The SMILES string of the molecule is O=C(NCc1cccs1)C1CCCN(S(=O)(=O)c2ccc(-c3ccn[nH]3)o2)C1. The van der Waals surface area contributed by atoms with Crippen molar-refractivity contribution in [2.75, 3.05) is 13.1 Å². The monoisotopic (exact) mass is 420 g/mol. The van der Waals surface area contributed by atoms with Gasteiger partial charge in [0.15, 0.2) is 5.76 Å². The van der Waals surface area contributed by atoms with E-state index in [-0.39, 0.29) is 23.5 Å². The summed E-state index contributed by atoms with van der Waals surface area (Å²) in [6.07, 6.45) is 2.86. The summed E-state index contributed by atoms with van der Waals surface area (Å²) in [5.41, 5.74) is 0.603. The number of rotatable bonds is 6. The van der Waals surface area contributed by atoms with E-state index in [2.05, 4.69) is 15.5 Å². The first kappa shape index (κ1) is 18.9. The number of furan rings is 1. The van der Waals surface area contributed by atoms with E-state index in [9.17, 15) is 13.2 Å². The molecule has 0 spiro atoms. The van der Waals surface area contributed by atoms with Gasteiger partial charge in [-0.1, -0.05) is 6.07 Å². The molecule has 10 heteroatoms. The van der Waals surface area contributed by atoms with E-state index in [0.717, 1.165) is 4.88 Å². The van der Waals surface area contributed by atoms with Gasteiger partial charge in [0, 0.05) is 24.2 Å². The summed E-state index contributed by atoms with van der Waals surface area (Å²) in [5.74, 6) is -0.0882. The number of nitrogens with one attached hydrogen (secondary N) is 2. The molecule has 1 saturated heterocycles. The first-order chi connectivity index (χ1) is 13.5. The van der Waals surface area contributed by atoms with Crippen molar-refractivity contribution in [2.24, 2.45) is 5.92 Å². The molecule has 8 nitrogen and oxygen atoms in total. The number of sulfonamides is 1.